The van der Waals surface area contributed by atoms with Gasteiger partial charge in [-0.15, -0.1) is 11.3 Å². The van der Waals surface area contributed by atoms with Crippen molar-refractivity contribution in [2.45, 2.75) is 58.4 Å². The van der Waals surface area contributed by atoms with Crippen molar-refractivity contribution in [3.05, 3.63) is 21.9 Å². The van der Waals surface area contributed by atoms with Gasteiger partial charge in [-0.2, -0.15) is 0 Å². The number of rotatable bonds is 2. The standard InChI is InChI=1S/C15H25NS/c1-10-5-6-12(13(16)9-10)15(3,4)14-11(2)7-8-17-14/h7-8,10,12-13H,5-6,9,16H2,1-4H3. The van der Waals surface area contributed by atoms with Crippen molar-refractivity contribution < 1.29 is 0 Å². The molecule has 1 nitrogen and oxygen atoms in total. The molecule has 1 aromatic rings. The Labute approximate surface area is 109 Å². The molecule has 0 spiro atoms. The Morgan fingerprint density at radius 2 is 2.06 bits per heavy atom. The highest BCUT2D eigenvalue weighted by molar-refractivity contribution is 7.10. The molecule has 1 saturated carbocycles. The SMILES string of the molecule is Cc1ccsc1C(C)(C)C1CCC(C)CC1N. The van der Waals surface area contributed by atoms with Crippen LogP contribution in [0.4, 0.5) is 0 Å². The van der Waals surface area contributed by atoms with Crippen molar-refractivity contribution in [2.75, 3.05) is 0 Å². The molecular weight excluding hydrogens is 226 g/mol. The minimum Gasteiger partial charge on any atom is -0.327 e. The molecule has 0 saturated heterocycles. The second-order valence-corrected chi connectivity index (χ2v) is 7.26. The van der Waals surface area contributed by atoms with E-state index in [2.05, 4.69) is 39.1 Å². The number of hydrogen-bond donors (Lipinski definition) is 1. The summed E-state index contributed by atoms with van der Waals surface area (Å²) in [4.78, 5) is 1.53. The van der Waals surface area contributed by atoms with Crippen LogP contribution < -0.4 is 5.73 Å². The summed E-state index contributed by atoms with van der Waals surface area (Å²) in [7, 11) is 0. The molecule has 1 aliphatic carbocycles. The molecule has 1 aliphatic rings. The summed E-state index contributed by atoms with van der Waals surface area (Å²) < 4.78 is 0. The van der Waals surface area contributed by atoms with E-state index in [0.29, 0.717) is 12.0 Å². The third kappa shape index (κ3) is 2.43. The summed E-state index contributed by atoms with van der Waals surface area (Å²) in [6.07, 6.45) is 3.82. The van der Waals surface area contributed by atoms with Crippen LogP contribution in [0.1, 0.15) is 50.5 Å². The van der Waals surface area contributed by atoms with Gasteiger partial charge in [-0.05, 0) is 48.6 Å². The second-order valence-electron chi connectivity index (χ2n) is 6.34. The molecule has 1 aromatic heterocycles. The summed E-state index contributed by atoms with van der Waals surface area (Å²) in [5, 5.41) is 2.21. The minimum atomic E-state index is 0.234. The lowest BCUT2D eigenvalue weighted by Crippen LogP contribution is -2.45. The molecule has 2 N–H and O–H groups in total. The number of hydrogen-bond acceptors (Lipinski definition) is 2. The molecule has 0 bridgehead atoms. The molecule has 0 aliphatic heterocycles. The van der Waals surface area contributed by atoms with Gasteiger partial charge in [0.25, 0.3) is 0 Å². The lowest BCUT2D eigenvalue weighted by atomic mass is 9.65. The van der Waals surface area contributed by atoms with Gasteiger partial charge in [0.1, 0.15) is 0 Å². The van der Waals surface area contributed by atoms with Gasteiger partial charge in [-0.1, -0.05) is 27.2 Å². The van der Waals surface area contributed by atoms with E-state index in [9.17, 15) is 0 Å². The largest absolute Gasteiger partial charge is 0.327 e. The maximum absolute atomic E-state index is 6.42. The molecule has 1 fully saturated rings. The summed E-state index contributed by atoms with van der Waals surface area (Å²) in [5.74, 6) is 1.44. The third-order valence-electron chi connectivity index (χ3n) is 4.54. The van der Waals surface area contributed by atoms with E-state index in [-0.39, 0.29) is 5.41 Å². The predicted octanol–water partition coefficient (Wildman–Crippen LogP) is 4.10. The maximum Gasteiger partial charge on any atom is 0.0134 e. The monoisotopic (exact) mass is 251 g/mol. The first-order valence-electron chi connectivity index (χ1n) is 6.73. The summed E-state index contributed by atoms with van der Waals surface area (Å²) in [6, 6.07) is 2.61. The van der Waals surface area contributed by atoms with Crippen LogP contribution in [-0.2, 0) is 5.41 Å². The molecule has 0 aromatic carbocycles. The molecule has 1 heterocycles. The second kappa shape index (κ2) is 4.74. The highest BCUT2D eigenvalue weighted by atomic mass is 32.1. The Balaban J connectivity index is 2.24. The minimum absolute atomic E-state index is 0.234. The molecular formula is C15H25NS. The Bertz CT molecular complexity index is 380. The predicted molar refractivity (Wildman–Crippen MR) is 76.6 cm³/mol. The normalized spacial score (nSPS) is 30.5. The molecule has 17 heavy (non-hydrogen) atoms. The van der Waals surface area contributed by atoms with Crippen LogP contribution in [0.3, 0.4) is 0 Å². The fraction of sp³-hybridized carbons (Fsp3) is 0.733. The van der Waals surface area contributed by atoms with Crippen LogP contribution in [0.25, 0.3) is 0 Å². The first kappa shape index (κ1) is 13.1. The average Bonchev–Trinajstić information content (AvgIpc) is 2.64. The van der Waals surface area contributed by atoms with Gasteiger partial charge in [0.05, 0.1) is 0 Å². The Morgan fingerprint density at radius 1 is 1.35 bits per heavy atom. The summed E-state index contributed by atoms with van der Waals surface area (Å²) in [6.45, 7) is 9.32. The molecule has 3 unspecified atom stereocenters. The van der Waals surface area contributed by atoms with Crippen molar-refractivity contribution in [2.24, 2.45) is 17.6 Å². The Morgan fingerprint density at radius 3 is 2.59 bits per heavy atom. The first-order valence-corrected chi connectivity index (χ1v) is 7.61. The van der Waals surface area contributed by atoms with E-state index in [0.717, 1.165) is 5.92 Å². The van der Waals surface area contributed by atoms with Gasteiger partial charge in [-0.25, -0.2) is 0 Å². The van der Waals surface area contributed by atoms with E-state index >= 15 is 0 Å². The molecule has 3 atom stereocenters. The van der Waals surface area contributed by atoms with Gasteiger partial charge in [0, 0.05) is 16.3 Å². The van der Waals surface area contributed by atoms with Crippen LogP contribution in [0.15, 0.2) is 11.4 Å². The van der Waals surface area contributed by atoms with Crippen molar-refractivity contribution >= 4 is 11.3 Å². The van der Waals surface area contributed by atoms with Gasteiger partial charge in [0.15, 0.2) is 0 Å². The smallest absolute Gasteiger partial charge is 0.0134 e. The average molecular weight is 251 g/mol. The summed E-state index contributed by atoms with van der Waals surface area (Å²) in [5.41, 5.74) is 8.09. The highest BCUT2D eigenvalue weighted by Gasteiger charge is 2.39. The van der Waals surface area contributed by atoms with Crippen LogP contribution >= 0.6 is 11.3 Å². The Kier molecular flexibility index (Phi) is 3.65. The lowest BCUT2D eigenvalue weighted by Gasteiger charge is -2.42. The number of aryl methyl sites for hydroxylation is 1. The van der Waals surface area contributed by atoms with Crippen LogP contribution in [-0.4, -0.2) is 6.04 Å². The van der Waals surface area contributed by atoms with Crippen LogP contribution in [0.5, 0.6) is 0 Å². The van der Waals surface area contributed by atoms with Gasteiger partial charge in [-0.3, -0.25) is 0 Å². The van der Waals surface area contributed by atoms with E-state index in [1.165, 1.54) is 29.7 Å². The highest BCUT2D eigenvalue weighted by Crippen LogP contribution is 2.44. The van der Waals surface area contributed by atoms with Crippen molar-refractivity contribution in [1.29, 1.82) is 0 Å². The van der Waals surface area contributed by atoms with E-state index < -0.39 is 0 Å². The molecule has 96 valence electrons. The molecule has 2 rings (SSSR count). The van der Waals surface area contributed by atoms with Crippen molar-refractivity contribution in [3.8, 4) is 0 Å². The Hall–Kier alpha value is -0.340. The number of thiophene rings is 1. The quantitative estimate of drug-likeness (QED) is 0.841. The van der Waals surface area contributed by atoms with Gasteiger partial charge < -0.3 is 5.73 Å². The van der Waals surface area contributed by atoms with Crippen LogP contribution in [0, 0.1) is 18.8 Å². The number of nitrogens with two attached hydrogens (primary N) is 1. The lowest BCUT2D eigenvalue weighted by molar-refractivity contribution is 0.173. The molecule has 0 radical (unpaired) electrons. The van der Waals surface area contributed by atoms with Crippen molar-refractivity contribution in [3.63, 3.8) is 0 Å². The molecule has 0 amide bonds. The zero-order valence-electron chi connectivity index (χ0n) is 11.5. The third-order valence-corrected chi connectivity index (χ3v) is 5.89. The van der Waals surface area contributed by atoms with E-state index in [1.54, 1.807) is 0 Å². The topological polar surface area (TPSA) is 26.0 Å². The molecule has 2 heteroatoms. The van der Waals surface area contributed by atoms with E-state index in [4.69, 9.17) is 5.73 Å². The van der Waals surface area contributed by atoms with Crippen LogP contribution in [0.2, 0.25) is 0 Å². The fourth-order valence-electron chi connectivity index (χ4n) is 3.52. The zero-order valence-corrected chi connectivity index (χ0v) is 12.3. The first-order chi connectivity index (χ1) is 7.93. The maximum atomic E-state index is 6.42. The summed E-state index contributed by atoms with van der Waals surface area (Å²) >= 11 is 1.90. The van der Waals surface area contributed by atoms with Gasteiger partial charge in [0.2, 0.25) is 0 Å². The fourth-order valence-corrected chi connectivity index (χ4v) is 4.64. The zero-order chi connectivity index (χ0) is 12.6. The van der Waals surface area contributed by atoms with Crippen molar-refractivity contribution in [1.82, 2.24) is 0 Å². The van der Waals surface area contributed by atoms with Gasteiger partial charge >= 0.3 is 0 Å². The van der Waals surface area contributed by atoms with E-state index in [1.807, 2.05) is 11.3 Å².